The Bertz CT molecular complexity index is 308. The van der Waals surface area contributed by atoms with Gasteiger partial charge in [-0.1, -0.05) is 0 Å². The van der Waals surface area contributed by atoms with Crippen molar-refractivity contribution in [2.45, 2.75) is 39.3 Å². The highest BCUT2D eigenvalue weighted by Crippen LogP contribution is 2.09. The van der Waals surface area contributed by atoms with Crippen LogP contribution in [0.4, 0.5) is 0 Å². The van der Waals surface area contributed by atoms with Crippen molar-refractivity contribution in [1.29, 1.82) is 0 Å². The Kier molecular flexibility index (Phi) is 3.76. The first-order valence-corrected chi connectivity index (χ1v) is 6.67. The van der Waals surface area contributed by atoms with Crippen molar-refractivity contribution in [1.82, 2.24) is 14.3 Å². The SMILES string of the molecule is CC1CN(S(=O)(=O)NC(C)(C)C)CCN1. The first-order valence-electron chi connectivity index (χ1n) is 5.23. The van der Waals surface area contributed by atoms with Gasteiger partial charge in [0.05, 0.1) is 0 Å². The molecule has 90 valence electrons. The van der Waals surface area contributed by atoms with Crippen LogP contribution in [0.5, 0.6) is 0 Å². The maximum atomic E-state index is 11.9. The van der Waals surface area contributed by atoms with E-state index in [1.807, 2.05) is 27.7 Å². The summed E-state index contributed by atoms with van der Waals surface area (Å²) in [6, 6.07) is 0.218. The van der Waals surface area contributed by atoms with Gasteiger partial charge in [-0.05, 0) is 27.7 Å². The van der Waals surface area contributed by atoms with Crippen molar-refractivity contribution in [2.24, 2.45) is 0 Å². The molecule has 1 heterocycles. The second-order valence-electron chi connectivity index (χ2n) is 5.07. The Hall–Kier alpha value is -0.170. The number of nitrogens with zero attached hydrogens (tertiary/aromatic N) is 1. The summed E-state index contributed by atoms with van der Waals surface area (Å²) in [5, 5.41) is 3.21. The summed E-state index contributed by atoms with van der Waals surface area (Å²) >= 11 is 0. The summed E-state index contributed by atoms with van der Waals surface area (Å²) in [4.78, 5) is 0. The summed E-state index contributed by atoms with van der Waals surface area (Å²) in [6.07, 6.45) is 0. The Morgan fingerprint density at radius 1 is 1.40 bits per heavy atom. The molecule has 5 nitrogen and oxygen atoms in total. The van der Waals surface area contributed by atoms with E-state index in [4.69, 9.17) is 0 Å². The van der Waals surface area contributed by atoms with Crippen molar-refractivity contribution in [3.8, 4) is 0 Å². The Morgan fingerprint density at radius 3 is 2.47 bits per heavy atom. The molecule has 0 saturated carbocycles. The van der Waals surface area contributed by atoms with E-state index in [1.54, 1.807) is 0 Å². The lowest BCUT2D eigenvalue weighted by molar-refractivity contribution is 0.301. The van der Waals surface area contributed by atoms with E-state index in [9.17, 15) is 8.42 Å². The van der Waals surface area contributed by atoms with Crippen molar-refractivity contribution in [3.05, 3.63) is 0 Å². The molecule has 0 spiro atoms. The molecule has 1 aliphatic heterocycles. The minimum Gasteiger partial charge on any atom is -0.312 e. The third-order valence-electron chi connectivity index (χ3n) is 2.11. The summed E-state index contributed by atoms with van der Waals surface area (Å²) < 4.78 is 28.0. The molecular formula is C9H21N3O2S. The minimum atomic E-state index is -3.33. The second-order valence-corrected chi connectivity index (χ2v) is 6.74. The van der Waals surface area contributed by atoms with E-state index in [-0.39, 0.29) is 6.04 Å². The largest absolute Gasteiger partial charge is 0.312 e. The van der Waals surface area contributed by atoms with Gasteiger partial charge in [0.25, 0.3) is 10.2 Å². The molecule has 6 heteroatoms. The molecule has 1 unspecified atom stereocenters. The van der Waals surface area contributed by atoms with Crippen LogP contribution in [0, 0.1) is 0 Å². The molecule has 0 radical (unpaired) electrons. The van der Waals surface area contributed by atoms with Gasteiger partial charge in [0, 0.05) is 31.2 Å². The maximum Gasteiger partial charge on any atom is 0.280 e. The van der Waals surface area contributed by atoms with Crippen LogP contribution in [0.3, 0.4) is 0 Å². The predicted octanol–water partition coefficient (Wildman–Crippen LogP) is -0.0870. The molecule has 0 aromatic rings. The van der Waals surface area contributed by atoms with E-state index >= 15 is 0 Å². The lowest BCUT2D eigenvalue weighted by atomic mass is 10.1. The highest BCUT2D eigenvalue weighted by molar-refractivity contribution is 7.87. The third-order valence-corrected chi connectivity index (χ3v) is 3.99. The van der Waals surface area contributed by atoms with Crippen LogP contribution in [-0.2, 0) is 10.2 Å². The average Bonchev–Trinajstić information content (AvgIpc) is 1.99. The fourth-order valence-electron chi connectivity index (χ4n) is 1.57. The van der Waals surface area contributed by atoms with E-state index < -0.39 is 15.7 Å². The highest BCUT2D eigenvalue weighted by Gasteiger charge is 2.29. The molecule has 0 bridgehead atoms. The molecule has 0 aromatic heterocycles. The predicted molar refractivity (Wildman–Crippen MR) is 60.8 cm³/mol. The smallest absolute Gasteiger partial charge is 0.280 e. The fourth-order valence-corrected chi connectivity index (χ4v) is 3.22. The highest BCUT2D eigenvalue weighted by atomic mass is 32.2. The molecule has 2 N–H and O–H groups in total. The Balaban J connectivity index is 2.69. The molecular weight excluding hydrogens is 214 g/mol. The lowest BCUT2D eigenvalue weighted by Crippen LogP contribution is -2.56. The fraction of sp³-hybridized carbons (Fsp3) is 1.00. The van der Waals surface area contributed by atoms with Crippen molar-refractivity contribution >= 4 is 10.2 Å². The molecule has 1 rings (SSSR count). The van der Waals surface area contributed by atoms with Crippen molar-refractivity contribution in [3.63, 3.8) is 0 Å². The van der Waals surface area contributed by atoms with E-state index in [0.29, 0.717) is 19.6 Å². The number of nitrogens with one attached hydrogen (secondary N) is 2. The zero-order chi connectivity index (χ0) is 11.7. The van der Waals surface area contributed by atoms with E-state index in [0.717, 1.165) is 0 Å². The summed E-state index contributed by atoms with van der Waals surface area (Å²) in [7, 11) is -3.33. The number of hydrogen-bond donors (Lipinski definition) is 2. The Labute approximate surface area is 92.4 Å². The van der Waals surface area contributed by atoms with Gasteiger partial charge in [-0.15, -0.1) is 0 Å². The normalized spacial score (nSPS) is 25.5. The molecule has 15 heavy (non-hydrogen) atoms. The van der Waals surface area contributed by atoms with Gasteiger partial charge in [0.2, 0.25) is 0 Å². The Morgan fingerprint density at radius 2 is 2.00 bits per heavy atom. The monoisotopic (exact) mass is 235 g/mol. The minimum absolute atomic E-state index is 0.218. The first kappa shape index (κ1) is 12.9. The zero-order valence-electron chi connectivity index (χ0n) is 9.87. The molecule has 0 aliphatic carbocycles. The average molecular weight is 235 g/mol. The van der Waals surface area contributed by atoms with Gasteiger partial charge in [0.1, 0.15) is 0 Å². The number of rotatable bonds is 2. The maximum absolute atomic E-state index is 11.9. The summed E-state index contributed by atoms with van der Waals surface area (Å²) in [5.41, 5.74) is -0.424. The molecule has 1 saturated heterocycles. The summed E-state index contributed by atoms with van der Waals surface area (Å²) in [6.45, 7) is 9.30. The van der Waals surface area contributed by atoms with E-state index in [1.165, 1.54) is 4.31 Å². The van der Waals surface area contributed by atoms with Crippen LogP contribution in [0.25, 0.3) is 0 Å². The topological polar surface area (TPSA) is 61.4 Å². The quantitative estimate of drug-likeness (QED) is 0.703. The molecule has 1 fully saturated rings. The van der Waals surface area contributed by atoms with Crippen LogP contribution < -0.4 is 10.0 Å². The molecule has 0 aromatic carbocycles. The molecule has 1 aliphatic rings. The van der Waals surface area contributed by atoms with E-state index in [2.05, 4.69) is 10.0 Å². The summed E-state index contributed by atoms with van der Waals surface area (Å²) in [5.74, 6) is 0. The van der Waals surface area contributed by atoms with Crippen LogP contribution in [0.2, 0.25) is 0 Å². The molecule has 0 amide bonds. The first-order chi connectivity index (χ1) is 6.71. The molecule has 1 atom stereocenters. The lowest BCUT2D eigenvalue weighted by Gasteiger charge is -2.33. The van der Waals surface area contributed by atoms with Gasteiger partial charge in [-0.25, -0.2) is 0 Å². The van der Waals surface area contributed by atoms with Crippen LogP contribution in [0.1, 0.15) is 27.7 Å². The number of piperazine rings is 1. The number of hydrogen-bond acceptors (Lipinski definition) is 3. The van der Waals surface area contributed by atoms with Gasteiger partial charge in [-0.2, -0.15) is 17.4 Å². The zero-order valence-corrected chi connectivity index (χ0v) is 10.7. The van der Waals surface area contributed by atoms with Crippen LogP contribution in [0.15, 0.2) is 0 Å². The standard InChI is InChI=1S/C9H21N3O2S/c1-8-7-12(6-5-10-8)15(13,14)11-9(2,3)4/h8,10-11H,5-7H2,1-4H3. The second kappa shape index (κ2) is 4.37. The van der Waals surface area contributed by atoms with Gasteiger partial charge in [0.15, 0.2) is 0 Å². The van der Waals surface area contributed by atoms with Crippen molar-refractivity contribution in [2.75, 3.05) is 19.6 Å². The van der Waals surface area contributed by atoms with Crippen LogP contribution >= 0.6 is 0 Å². The van der Waals surface area contributed by atoms with Crippen molar-refractivity contribution < 1.29 is 8.42 Å². The third kappa shape index (κ3) is 4.06. The van der Waals surface area contributed by atoms with Crippen LogP contribution in [-0.4, -0.2) is 43.9 Å². The van der Waals surface area contributed by atoms with Gasteiger partial charge >= 0.3 is 0 Å². The van der Waals surface area contributed by atoms with Gasteiger partial charge < -0.3 is 5.32 Å². The van der Waals surface area contributed by atoms with Gasteiger partial charge in [-0.3, -0.25) is 0 Å².